The zero-order valence-electron chi connectivity index (χ0n) is 14.2. The third-order valence-electron chi connectivity index (χ3n) is 3.66. The highest BCUT2D eigenvalue weighted by atomic mass is 19.2. The van der Waals surface area contributed by atoms with Crippen LogP contribution in [0.1, 0.15) is 11.4 Å². The third-order valence-corrected chi connectivity index (χ3v) is 3.66. The number of nitrogens with one attached hydrogen (secondary N) is 2. The maximum atomic E-state index is 13.7. The molecule has 0 aliphatic heterocycles. The van der Waals surface area contributed by atoms with E-state index >= 15 is 0 Å². The summed E-state index contributed by atoms with van der Waals surface area (Å²) in [6.07, 6.45) is -0.439. The average molecular weight is 376 g/mol. The lowest BCUT2D eigenvalue weighted by molar-refractivity contribution is -0.115. The Hall–Kier alpha value is -3.20. The monoisotopic (exact) mass is 376 g/mol. The number of anilines is 1. The van der Waals surface area contributed by atoms with Crippen LogP contribution in [0.2, 0.25) is 0 Å². The molecule has 3 rings (SSSR count). The van der Waals surface area contributed by atoms with Crippen molar-refractivity contribution in [1.82, 2.24) is 15.2 Å². The lowest BCUT2D eigenvalue weighted by Crippen LogP contribution is -2.15. The molecule has 2 N–H and O–H groups in total. The standard InChI is InChI=1S/C18H15F3N4O2/c1-27-9-16-23-18(25-24-16)10-3-2-4-12(5-10)22-17(26)7-11-6-14(20)15(21)8-13(11)19/h2-6,8H,7,9H2,1H3,(H,22,26)(H,23,24,25). The number of aromatic nitrogens is 3. The van der Waals surface area contributed by atoms with Crippen LogP contribution < -0.4 is 5.32 Å². The average Bonchev–Trinajstić information content (AvgIpc) is 3.09. The van der Waals surface area contributed by atoms with E-state index in [2.05, 4.69) is 20.5 Å². The highest BCUT2D eigenvalue weighted by Gasteiger charge is 2.14. The number of amides is 1. The van der Waals surface area contributed by atoms with Gasteiger partial charge in [-0.15, -0.1) is 0 Å². The number of aromatic amines is 1. The summed E-state index contributed by atoms with van der Waals surface area (Å²) in [5, 5.41) is 9.38. The highest BCUT2D eigenvalue weighted by molar-refractivity contribution is 5.92. The predicted octanol–water partition coefficient (Wildman–Crippen LogP) is 3.22. The molecule has 9 heteroatoms. The molecule has 27 heavy (non-hydrogen) atoms. The number of ether oxygens (including phenoxy) is 1. The van der Waals surface area contributed by atoms with Crippen molar-refractivity contribution in [1.29, 1.82) is 0 Å². The molecule has 2 aromatic carbocycles. The van der Waals surface area contributed by atoms with Crippen LogP contribution in [0.5, 0.6) is 0 Å². The molecular formula is C18H15F3N4O2. The summed E-state index contributed by atoms with van der Waals surface area (Å²) in [5.74, 6) is -3.10. The van der Waals surface area contributed by atoms with E-state index in [-0.39, 0.29) is 12.2 Å². The van der Waals surface area contributed by atoms with Gasteiger partial charge in [-0.25, -0.2) is 18.2 Å². The second kappa shape index (κ2) is 8.00. The summed E-state index contributed by atoms with van der Waals surface area (Å²) in [6.45, 7) is 0.281. The SMILES string of the molecule is COCc1nc(-c2cccc(NC(=O)Cc3cc(F)c(F)cc3F)c2)n[nH]1. The second-order valence-corrected chi connectivity index (χ2v) is 5.70. The van der Waals surface area contributed by atoms with Gasteiger partial charge in [0.15, 0.2) is 23.3 Å². The second-order valence-electron chi connectivity index (χ2n) is 5.70. The summed E-state index contributed by atoms with van der Waals surface area (Å²) in [5.41, 5.74) is 0.838. The van der Waals surface area contributed by atoms with E-state index in [9.17, 15) is 18.0 Å². The Bertz CT molecular complexity index is 975. The molecule has 1 heterocycles. The Morgan fingerprint density at radius 1 is 1.15 bits per heavy atom. The van der Waals surface area contributed by atoms with Crippen LogP contribution in [0.25, 0.3) is 11.4 Å². The maximum Gasteiger partial charge on any atom is 0.228 e. The van der Waals surface area contributed by atoms with Crippen molar-refractivity contribution in [2.75, 3.05) is 12.4 Å². The lowest BCUT2D eigenvalue weighted by Gasteiger charge is -2.07. The number of carbonyl (C=O) groups excluding carboxylic acids is 1. The van der Waals surface area contributed by atoms with Crippen LogP contribution in [0.15, 0.2) is 36.4 Å². The minimum absolute atomic E-state index is 0.235. The van der Waals surface area contributed by atoms with E-state index < -0.39 is 29.8 Å². The van der Waals surface area contributed by atoms with E-state index in [1.807, 2.05) is 0 Å². The van der Waals surface area contributed by atoms with Gasteiger partial charge in [-0.2, -0.15) is 5.10 Å². The molecule has 140 valence electrons. The van der Waals surface area contributed by atoms with Crippen molar-refractivity contribution in [3.63, 3.8) is 0 Å². The van der Waals surface area contributed by atoms with Gasteiger partial charge in [0.1, 0.15) is 12.4 Å². The number of H-pyrrole nitrogens is 1. The maximum absolute atomic E-state index is 13.7. The largest absolute Gasteiger partial charge is 0.377 e. The van der Waals surface area contributed by atoms with Crippen molar-refractivity contribution >= 4 is 11.6 Å². The smallest absolute Gasteiger partial charge is 0.228 e. The highest BCUT2D eigenvalue weighted by Crippen LogP contribution is 2.20. The van der Waals surface area contributed by atoms with Gasteiger partial charge in [0.25, 0.3) is 0 Å². The predicted molar refractivity (Wildman–Crippen MR) is 91.2 cm³/mol. The lowest BCUT2D eigenvalue weighted by atomic mass is 10.1. The van der Waals surface area contributed by atoms with Gasteiger partial charge in [0, 0.05) is 30.0 Å². The van der Waals surface area contributed by atoms with E-state index in [4.69, 9.17) is 4.74 Å². The van der Waals surface area contributed by atoms with Gasteiger partial charge < -0.3 is 10.1 Å². The molecule has 0 saturated heterocycles. The fraction of sp³-hybridized carbons (Fsp3) is 0.167. The Balaban J connectivity index is 1.72. The Morgan fingerprint density at radius 3 is 2.70 bits per heavy atom. The molecule has 3 aromatic rings. The van der Waals surface area contributed by atoms with Crippen LogP contribution in [0.4, 0.5) is 18.9 Å². The molecule has 0 fully saturated rings. The molecule has 0 bridgehead atoms. The number of nitrogens with zero attached hydrogens (tertiary/aromatic N) is 2. The van der Waals surface area contributed by atoms with Gasteiger partial charge in [-0.05, 0) is 18.2 Å². The Morgan fingerprint density at radius 2 is 1.93 bits per heavy atom. The van der Waals surface area contributed by atoms with Crippen molar-refractivity contribution < 1.29 is 22.7 Å². The van der Waals surface area contributed by atoms with Gasteiger partial charge in [0.05, 0.1) is 6.42 Å². The van der Waals surface area contributed by atoms with Crippen LogP contribution in [-0.4, -0.2) is 28.2 Å². The minimum Gasteiger partial charge on any atom is -0.377 e. The molecule has 0 atom stereocenters. The summed E-state index contributed by atoms with van der Waals surface area (Å²) < 4.78 is 44.8. The molecule has 1 amide bonds. The molecule has 0 radical (unpaired) electrons. The third kappa shape index (κ3) is 4.50. The summed E-state index contributed by atoms with van der Waals surface area (Å²) in [7, 11) is 1.54. The number of hydrogen-bond donors (Lipinski definition) is 2. The topological polar surface area (TPSA) is 79.9 Å². The number of benzene rings is 2. The molecule has 0 spiro atoms. The quantitative estimate of drug-likeness (QED) is 0.648. The molecular weight excluding hydrogens is 361 g/mol. The van der Waals surface area contributed by atoms with Crippen LogP contribution in [0.3, 0.4) is 0 Å². The summed E-state index contributed by atoms with van der Waals surface area (Å²) in [6, 6.07) is 7.80. The first-order valence-electron chi connectivity index (χ1n) is 7.90. The van der Waals surface area contributed by atoms with Crippen molar-refractivity contribution in [2.45, 2.75) is 13.0 Å². The fourth-order valence-corrected chi connectivity index (χ4v) is 2.44. The van der Waals surface area contributed by atoms with E-state index in [0.717, 1.165) is 0 Å². The van der Waals surface area contributed by atoms with Crippen LogP contribution in [-0.2, 0) is 22.6 Å². The van der Waals surface area contributed by atoms with Gasteiger partial charge in [0.2, 0.25) is 5.91 Å². The zero-order chi connectivity index (χ0) is 19.4. The number of halogens is 3. The Kier molecular flexibility index (Phi) is 5.51. The molecule has 6 nitrogen and oxygen atoms in total. The molecule has 0 aliphatic rings. The molecule has 1 aromatic heterocycles. The normalized spacial score (nSPS) is 10.8. The number of methoxy groups -OCH3 is 1. The summed E-state index contributed by atoms with van der Waals surface area (Å²) >= 11 is 0. The van der Waals surface area contributed by atoms with Gasteiger partial charge in [-0.3, -0.25) is 9.89 Å². The van der Waals surface area contributed by atoms with Gasteiger partial charge in [-0.1, -0.05) is 12.1 Å². The Labute approximate surface area is 152 Å². The zero-order valence-corrected chi connectivity index (χ0v) is 14.2. The first-order chi connectivity index (χ1) is 13.0. The first kappa shape index (κ1) is 18.6. The summed E-state index contributed by atoms with van der Waals surface area (Å²) in [4.78, 5) is 16.4. The van der Waals surface area contributed by atoms with E-state index in [1.54, 1.807) is 24.3 Å². The van der Waals surface area contributed by atoms with Crippen LogP contribution >= 0.6 is 0 Å². The number of rotatable bonds is 6. The first-order valence-corrected chi connectivity index (χ1v) is 7.90. The molecule has 0 saturated carbocycles. The number of carbonyl (C=O) groups is 1. The van der Waals surface area contributed by atoms with E-state index in [1.165, 1.54) is 7.11 Å². The minimum atomic E-state index is -1.30. The van der Waals surface area contributed by atoms with Crippen molar-refractivity contribution in [3.8, 4) is 11.4 Å². The van der Waals surface area contributed by atoms with E-state index in [0.29, 0.717) is 35.0 Å². The molecule has 0 unspecified atom stereocenters. The molecule has 0 aliphatic carbocycles. The number of hydrogen-bond acceptors (Lipinski definition) is 4. The van der Waals surface area contributed by atoms with Crippen molar-refractivity contribution in [2.24, 2.45) is 0 Å². The fourth-order valence-electron chi connectivity index (χ4n) is 2.44. The van der Waals surface area contributed by atoms with Crippen molar-refractivity contribution in [3.05, 3.63) is 65.2 Å². The van der Waals surface area contributed by atoms with Gasteiger partial charge >= 0.3 is 0 Å². The van der Waals surface area contributed by atoms with Crippen LogP contribution in [0, 0.1) is 17.5 Å².